The fourth-order valence-corrected chi connectivity index (χ4v) is 3.87. The quantitative estimate of drug-likeness (QED) is 0.779. The fourth-order valence-electron chi connectivity index (χ4n) is 2.72. The van der Waals surface area contributed by atoms with Crippen LogP contribution in [-0.2, 0) is 15.8 Å². The van der Waals surface area contributed by atoms with Gasteiger partial charge in [0.25, 0.3) is 0 Å². The second-order valence-electron chi connectivity index (χ2n) is 5.93. The molecule has 0 unspecified atom stereocenters. The largest absolute Gasteiger partial charge is 0.399 e. The highest BCUT2D eigenvalue weighted by Gasteiger charge is 2.17. The number of hydrogen-bond acceptors (Lipinski definition) is 4. The van der Waals surface area contributed by atoms with Crippen LogP contribution in [0.5, 0.6) is 0 Å². The summed E-state index contributed by atoms with van der Waals surface area (Å²) in [7, 11) is -1.15. The number of nitrogens with two attached hydrogens (primary N) is 1. The zero-order chi connectivity index (χ0) is 15.3. The molecule has 1 aliphatic heterocycles. The smallest absolute Gasteiger partial charge is 0.215 e. The average molecular weight is 311 g/mol. The van der Waals surface area contributed by atoms with Crippen molar-refractivity contribution in [3.8, 4) is 0 Å². The van der Waals surface area contributed by atoms with Gasteiger partial charge >= 0.3 is 0 Å². The first-order valence-corrected chi connectivity index (χ1v) is 9.10. The van der Waals surface area contributed by atoms with Gasteiger partial charge in [0.2, 0.25) is 10.0 Å². The summed E-state index contributed by atoms with van der Waals surface area (Å²) in [4.78, 5) is 2.32. The number of nitrogen functional groups attached to an aromatic ring is 1. The van der Waals surface area contributed by atoms with Gasteiger partial charge in [-0.3, -0.25) is 0 Å². The van der Waals surface area contributed by atoms with Crippen molar-refractivity contribution in [2.45, 2.75) is 25.0 Å². The van der Waals surface area contributed by atoms with Crippen molar-refractivity contribution in [3.05, 3.63) is 29.8 Å². The van der Waals surface area contributed by atoms with E-state index in [0.29, 0.717) is 18.2 Å². The summed E-state index contributed by atoms with van der Waals surface area (Å²) in [5, 5.41) is 0. The van der Waals surface area contributed by atoms with Crippen molar-refractivity contribution in [2.24, 2.45) is 5.92 Å². The van der Waals surface area contributed by atoms with Crippen LogP contribution in [-0.4, -0.2) is 40.0 Å². The summed E-state index contributed by atoms with van der Waals surface area (Å²) in [6, 6.07) is 7.02. The van der Waals surface area contributed by atoms with Crippen molar-refractivity contribution in [2.75, 3.05) is 32.4 Å². The first-order chi connectivity index (χ1) is 9.94. The number of piperidine rings is 1. The zero-order valence-corrected chi connectivity index (χ0v) is 13.4. The van der Waals surface area contributed by atoms with Crippen LogP contribution in [0.15, 0.2) is 24.3 Å². The molecule has 3 N–H and O–H groups in total. The maximum Gasteiger partial charge on any atom is 0.215 e. The Kier molecular flexibility index (Phi) is 5.61. The van der Waals surface area contributed by atoms with E-state index in [2.05, 4.69) is 16.7 Å². The molecule has 1 saturated heterocycles. The molecule has 0 spiro atoms. The van der Waals surface area contributed by atoms with E-state index in [1.165, 1.54) is 0 Å². The first kappa shape index (κ1) is 16.3. The maximum absolute atomic E-state index is 12.0. The Balaban J connectivity index is 1.76. The standard InChI is InChI=1S/C15H25N3O2S/c1-18-9-6-13(7-10-18)5-8-17-21(19,20)12-14-3-2-4-15(16)11-14/h2-4,11,13,17H,5-10,12,16H2,1H3. The molecule has 0 bridgehead atoms. The van der Waals surface area contributed by atoms with Gasteiger partial charge in [-0.15, -0.1) is 0 Å². The van der Waals surface area contributed by atoms with Gasteiger partial charge in [-0.05, 0) is 63.0 Å². The molecule has 0 aromatic heterocycles. The van der Waals surface area contributed by atoms with Gasteiger partial charge < -0.3 is 10.6 Å². The molecule has 1 aliphatic rings. The Morgan fingerprint density at radius 1 is 1.33 bits per heavy atom. The molecule has 0 atom stereocenters. The Labute approximate surface area is 127 Å². The van der Waals surface area contributed by atoms with Crippen molar-refractivity contribution in [1.82, 2.24) is 9.62 Å². The molecular formula is C15H25N3O2S. The molecule has 21 heavy (non-hydrogen) atoms. The number of rotatable bonds is 6. The fraction of sp³-hybridized carbons (Fsp3) is 0.600. The highest BCUT2D eigenvalue weighted by Crippen LogP contribution is 2.19. The van der Waals surface area contributed by atoms with E-state index in [9.17, 15) is 8.42 Å². The molecule has 0 radical (unpaired) electrons. The van der Waals surface area contributed by atoms with Crippen LogP contribution < -0.4 is 10.5 Å². The molecule has 118 valence electrons. The summed E-state index contributed by atoms with van der Waals surface area (Å²) >= 11 is 0. The number of hydrogen-bond donors (Lipinski definition) is 2. The highest BCUT2D eigenvalue weighted by atomic mass is 32.2. The minimum atomic E-state index is -3.28. The van der Waals surface area contributed by atoms with Crippen LogP contribution in [0.1, 0.15) is 24.8 Å². The number of sulfonamides is 1. The molecule has 1 heterocycles. The summed E-state index contributed by atoms with van der Waals surface area (Å²) in [5.41, 5.74) is 6.98. The SMILES string of the molecule is CN1CCC(CCNS(=O)(=O)Cc2cccc(N)c2)CC1. The Bertz CT molecular complexity index is 552. The van der Waals surface area contributed by atoms with Crippen LogP contribution in [0.25, 0.3) is 0 Å². The molecule has 2 rings (SSSR count). The second-order valence-corrected chi connectivity index (χ2v) is 7.74. The van der Waals surface area contributed by atoms with Gasteiger partial charge in [0, 0.05) is 12.2 Å². The Morgan fingerprint density at radius 3 is 2.71 bits per heavy atom. The van der Waals surface area contributed by atoms with Crippen molar-refractivity contribution in [3.63, 3.8) is 0 Å². The summed E-state index contributed by atoms with van der Waals surface area (Å²) in [6.07, 6.45) is 3.24. The number of benzene rings is 1. The van der Waals surface area contributed by atoms with Crippen molar-refractivity contribution < 1.29 is 8.42 Å². The molecule has 1 fully saturated rings. The van der Waals surface area contributed by atoms with E-state index in [0.717, 1.165) is 37.9 Å². The van der Waals surface area contributed by atoms with Gasteiger partial charge in [-0.2, -0.15) is 0 Å². The lowest BCUT2D eigenvalue weighted by Crippen LogP contribution is -2.33. The van der Waals surface area contributed by atoms with Crippen LogP contribution in [0.3, 0.4) is 0 Å². The van der Waals surface area contributed by atoms with E-state index >= 15 is 0 Å². The molecule has 1 aromatic carbocycles. The molecule has 0 saturated carbocycles. The second kappa shape index (κ2) is 7.24. The predicted octanol–water partition coefficient (Wildman–Crippen LogP) is 1.42. The number of nitrogens with one attached hydrogen (secondary N) is 1. The summed E-state index contributed by atoms with van der Waals surface area (Å²) in [5.74, 6) is 0.627. The molecular weight excluding hydrogens is 286 g/mol. The van der Waals surface area contributed by atoms with E-state index in [4.69, 9.17) is 5.73 Å². The lowest BCUT2D eigenvalue weighted by atomic mass is 9.94. The normalized spacial score (nSPS) is 18.0. The highest BCUT2D eigenvalue weighted by molar-refractivity contribution is 7.88. The molecule has 0 amide bonds. The van der Waals surface area contributed by atoms with Gasteiger partial charge in [0.15, 0.2) is 0 Å². The third-order valence-electron chi connectivity index (χ3n) is 4.02. The first-order valence-electron chi connectivity index (χ1n) is 7.45. The lowest BCUT2D eigenvalue weighted by Gasteiger charge is -2.28. The van der Waals surface area contributed by atoms with Gasteiger partial charge in [0.1, 0.15) is 0 Å². The Hall–Kier alpha value is -1.11. The third-order valence-corrected chi connectivity index (χ3v) is 5.38. The van der Waals surface area contributed by atoms with Crippen molar-refractivity contribution >= 4 is 15.7 Å². The minimum absolute atomic E-state index is 0.00849. The number of nitrogens with zero attached hydrogens (tertiary/aromatic N) is 1. The third kappa shape index (κ3) is 5.65. The Morgan fingerprint density at radius 2 is 2.05 bits per heavy atom. The van der Waals surface area contributed by atoms with E-state index in [1.807, 2.05) is 0 Å². The maximum atomic E-state index is 12.0. The van der Waals surface area contributed by atoms with Crippen LogP contribution in [0.4, 0.5) is 5.69 Å². The minimum Gasteiger partial charge on any atom is -0.399 e. The topological polar surface area (TPSA) is 75.4 Å². The van der Waals surface area contributed by atoms with Gasteiger partial charge in [-0.25, -0.2) is 13.1 Å². The monoisotopic (exact) mass is 311 g/mol. The lowest BCUT2D eigenvalue weighted by molar-refractivity contribution is 0.213. The summed E-state index contributed by atoms with van der Waals surface area (Å²) in [6.45, 7) is 2.75. The van der Waals surface area contributed by atoms with E-state index in [-0.39, 0.29) is 5.75 Å². The van der Waals surface area contributed by atoms with Gasteiger partial charge in [0.05, 0.1) is 5.75 Å². The molecule has 5 nitrogen and oxygen atoms in total. The average Bonchev–Trinajstić information content (AvgIpc) is 2.40. The number of anilines is 1. The number of likely N-dealkylation sites (tertiary alicyclic amines) is 1. The van der Waals surface area contributed by atoms with Crippen molar-refractivity contribution in [1.29, 1.82) is 0 Å². The van der Waals surface area contributed by atoms with E-state index < -0.39 is 10.0 Å². The van der Waals surface area contributed by atoms with Gasteiger partial charge in [-0.1, -0.05) is 12.1 Å². The molecule has 0 aliphatic carbocycles. The van der Waals surface area contributed by atoms with E-state index in [1.54, 1.807) is 24.3 Å². The van der Waals surface area contributed by atoms with Crippen LogP contribution >= 0.6 is 0 Å². The predicted molar refractivity (Wildman–Crippen MR) is 86.3 cm³/mol. The van der Waals surface area contributed by atoms with Crippen LogP contribution in [0, 0.1) is 5.92 Å². The molecule has 1 aromatic rings. The van der Waals surface area contributed by atoms with Crippen LogP contribution in [0.2, 0.25) is 0 Å². The zero-order valence-electron chi connectivity index (χ0n) is 12.6. The summed E-state index contributed by atoms with van der Waals surface area (Å²) < 4.78 is 26.8. The molecule has 6 heteroatoms.